The fraction of sp³-hybridized carbons (Fsp3) is 0.357. The van der Waals surface area contributed by atoms with E-state index in [1.165, 1.54) is 24.3 Å². The number of benzene rings is 1. The summed E-state index contributed by atoms with van der Waals surface area (Å²) in [6.07, 6.45) is 3.14. The second kappa shape index (κ2) is 9.02. The molecule has 1 N–H and O–H groups in total. The molecule has 0 atom stereocenters. The van der Waals surface area contributed by atoms with E-state index in [0.717, 1.165) is 24.0 Å². The minimum atomic E-state index is -1.08. The van der Waals surface area contributed by atoms with Gasteiger partial charge in [0.15, 0.2) is 5.75 Å². The van der Waals surface area contributed by atoms with Gasteiger partial charge < -0.3 is 9.84 Å². The van der Waals surface area contributed by atoms with Crippen LogP contribution >= 0.6 is 11.8 Å². The number of nitrogens with zero attached hydrogens (tertiary/aromatic N) is 1. The van der Waals surface area contributed by atoms with Crippen molar-refractivity contribution in [3.05, 3.63) is 40.0 Å². The number of carboxylic acids is 1. The second-order valence-electron chi connectivity index (χ2n) is 4.05. The van der Waals surface area contributed by atoms with Crippen LogP contribution < -0.4 is 4.74 Å². The molecule has 0 saturated carbocycles. The van der Waals surface area contributed by atoms with E-state index in [1.807, 2.05) is 0 Å². The monoisotopic (exact) mass is 311 g/mol. The lowest BCUT2D eigenvalue weighted by atomic mass is 10.1. The van der Waals surface area contributed by atoms with Gasteiger partial charge in [0, 0.05) is 12.1 Å². The Kier molecular flexibility index (Phi) is 7.31. The normalized spacial score (nSPS) is 10.7. The van der Waals surface area contributed by atoms with Crippen LogP contribution in [0.2, 0.25) is 0 Å². The Morgan fingerprint density at radius 2 is 2.29 bits per heavy atom. The van der Waals surface area contributed by atoms with Crippen LogP contribution in [0.4, 0.5) is 5.69 Å². The summed E-state index contributed by atoms with van der Waals surface area (Å²) in [5, 5.41) is 19.5. The molecule has 6 nitrogen and oxygen atoms in total. The van der Waals surface area contributed by atoms with E-state index in [2.05, 4.69) is 6.92 Å². The Labute approximate surface area is 127 Å². The summed E-state index contributed by atoms with van der Waals surface area (Å²) < 4.78 is 5.46. The number of nitro benzene ring substituents is 1. The number of ether oxygens (including phenoxy) is 1. The predicted molar refractivity (Wildman–Crippen MR) is 82.9 cm³/mol. The lowest BCUT2D eigenvalue weighted by Gasteiger charge is -2.07. The smallest absolute Gasteiger partial charge is 0.328 e. The second-order valence-corrected chi connectivity index (χ2v) is 5.45. The molecule has 0 aliphatic heterocycles. The molecule has 0 amide bonds. The predicted octanol–water partition coefficient (Wildman–Crippen LogP) is 3.21. The first kappa shape index (κ1) is 17.0. The van der Waals surface area contributed by atoms with E-state index < -0.39 is 10.9 Å². The SMILES string of the molecule is CCSCCCOc1cc(/C=C/C(=O)O)ccc1[N+](=O)[O-]. The van der Waals surface area contributed by atoms with Crippen molar-refractivity contribution in [3.63, 3.8) is 0 Å². The molecule has 1 rings (SSSR count). The molecule has 0 heterocycles. The van der Waals surface area contributed by atoms with E-state index in [-0.39, 0.29) is 11.4 Å². The number of hydrogen-bond acceptors (Lipinski definition) is 5. The Hall–Kier alpha value is -2.02. The molecule has 0 spiro atoms. The summed E-state index contributed by atoms with van der Waals surface area (Å²) in [5.41, 5.74) is 0.423. The average molecular weight is 311 g/mol. The van der Waals surface area contributed by atoms with Gasteiger partial charge in [0.25, 0.3) is 0 Å². The number of nitro groups is 1. The van der Waals surface area contributed by atoms with Crippen LogP contribution in [-0.4, -0.2) is 34.1 Å². The molecule has 0 aromatic heterocycles. The van der Waals surface area contributed by atoms with Gasteiger partial charge in [-0.15, -0.1) is 0 Å². The van der Waals surface area contributed by atoms with Crippen molar-refractivity contribution in [1.29, 1.82) is 0 Å². The highest BCUT2D eigenvalue weighted by molar-refractivity contribution is 7.99. The van der Waals surface area contributed by atoms with Crippen LogP contribution in [0, 0.1) is 10.1 Å². The molecule has 0 aliphatic rings. The van der Waals surface area contributed by atoms with Crippen LogP contribution in [0.5, 0.6) is 5.75 Å². The topological polar surface area (TPSA) is 89.7 Å². The van der Waals surface area contributed by atoms with E-state index >= 15 is 0 Å². The Morgan fingerprint density at radius 3 is 2.90 bits per heavy atom. The van der Waals surface area contributed by atoms with Crippen LogP contribution in [0.15, 0.2) is 24.3 Å². The maximum absolute atomic E-state index is 10.9. The van der Waals surface area contributed by atoms with Crippen molar-refractivity contribution >= 4 is 29.5 Å². The maximum Gasteiger partial charge on any atom is 0.328 e. The third-order valence-electron chi connectivity index (χ3n) is 2.49. The molecule has 0 fully saturated rings. The van der Waals surface area contributed by atoms with Crippen molar-refractivity contribution in [3.8, 4) is 5.75 Å². The summed E-state index contributed by atoms with van der Waals surface area (Å²) in [5.74, 6) is 1.04. The van der Waals surface area contributed by atoms with Crippen molar-refractivity contribution in [2.45, 2.75) is 13.3 Å². The molecule has 0 unspecified atom stereocenters. The maximum atomic E-state index is 10.9. The van der Waals surface area contributed by atoms with Gasteiger partial charge in [0.1, 0.15) is 0 Å². The Bertz CT molecular complexity index is 530. The van der Waals surface area contributed by atoms with Gasteiger partial charge in [0.2, 0.25) is 0 Å². The third kappa shape index (κ3) is 6.31. The molecule has 0 radical (unpaired) electrons. The molecular weight excluding hydrogens is 294 g/mol. The molecule has 1 aromatic carbocycles. The number of aliphatic carboxylic acids is 1. The largest absolute Gasteiger partial charge is 0.487 e. The zero-order valence-corrected chi connectivity index (χ0v) is 12.5. The van der Waals surface area contributed by atoms with Gasteiger partial charge in [0.05, 0.1) is 11.5 Å². The highest BCUT2D eigenvalue weighted by Gasteiger charge is 2.15. The van der Waals surface area contributed by atoms with Crippen molar-refractivity contribution in [2.75, 3.05) is 18.1 Å². The van der Waals surface area contributed by atoms with Crippen LogP contribution in [-0.2, 0) is 4.79 Å². The van der Waals surface area contributed by atoms with Crippen molar-refractivity contribution < 1.29 is 19.6 Å². The molecule has 7 heteroatoms. The van der Waals surface area contributed by atoms with Gasteiger partial charge in [-0.1, -0.05) is 6.92 Å². The molecule has 0 saturated heterocycles. The first-order chi connectivity index (χ1) is 10.0. The summed E-state index contributed by atoms with van der Waals surface area (Å²) in [7, 11) is 0. The van der Waals surface area contributed by atoms with E-state index in [4.69, 9.17) is 9.84 Å². The quantitative estimate of drug-likeness (QED) is 0.326. The van der Waals surface area contributed by atoms with Crippen LogP contribution in [0.25, 0.3) is 6.08 Å². The van der Waals surface area contributed by atoms with Crippen LogP contribution in [0.1, 0.15) is 18.9 Å². The number of carbonyl (C=O) groups is 1. The van der Waals surface area contributed by atoms with Gasteiger partial charge in [-0.3, -0.25) is 10.1 Å². The van der Waals surface area contributed by atoms with E-state index in [9.17, 15) is 14.9 Å². The molecule has 0 aliphatic carbocycles. The summed E-state index contributed by atoms with van der Waals surface area (Å²) >= 11 is 1.78. The zero-order chi connectivity index (χ0) is 15.7. The molecular formula is C14H17NO5S. The lowest BCUT2D eigenvalue weighted by molar-refractivity contribution is -0.385. The highest BCUT2D eigenvalue weighted by Crippen LogP contribution is 2.28. The molecule has 21 heavy (non-hydrogen) atoms. The fourth-order valence-electron chi connectivity index (χ4n) is 1.56. The van der Waals surface area contributed by atoms with E-state index in [1.54, 1.807) is 11.8 Å². The Morgan fingerprint density at radius 1 is 1.52 bits per heavy atom. The number of carboxylic acid groups (broad SMARTS) is 1. The zero-order valence-electron chi connectivity index (χ0n) is 11.7. The van der Waals surface area contributed by atoms with Gasteiger partial charge >= 0.3 is 11.7 Å². The molecule has 0 bridgehead atoms. The van der Waals surface area contributed by atoms with E-state index in [0.29, 0.717) is 12.2 Å². The standard InChI is InChI=1S/C14H17NO5S/c1-2-21-9-3-8-20-13-10-11(5-7-14(16)17)4-6-12(13)15(18)19/h4-7,10H,2-3,8-9H2,1H3,(H,16,17)/b7-5+. The van der Waals surface area contributed by atoms with Gasteiger partial charge in [-0.25, -0.2) is 4.79 Å². The number of thioether (sulfide) groups is 1. The molecule has 114 valence electrons. The van der Waals surface area contributed by atoms with Crippen molar-refractivity contribution in [2.24, 2.45) is 0 Å². The summed E-state index contributed by atoms with van der Waals surface area (Å²) in [6, 6.07) is 4.28. The summed E-state index contributed by atoms with van der Waals surface area (Å²) in [6.45, 7) is 2.45. The average Bonchev–Trinajstić information content (AvgIpc) is 2.44. The van der Waals surface area contributed by atoms with Gasteiger partial charge in [-0.2, -0.15) is 11.8 Å². The fourth-order valence-corrected chi connectivity index (χ4v) is 2.17. The summed E-state index contributed by atoms with van der Waals surface area (Å²) in [4.78, 5) is 20.9. The van der Waals surface area contributed by atoms with Crippen molar-refractivity contribution in [1.82, 2.24) is 0 Å². The number of rotatable bonds is 9. The number of hydrogen-bond donors (Lipinski definition) is 1. The Balaban J connectivity index is 2.78. The van der Waals surface area contributed by atoms with Gasteiger partial charge in [-0.05, 0) is 41.7 Å². The highest BCUT2D eigenvalue weighted by atomic mass is 32.2. The lowest BCUT2D eigenvalue weighted by Crippen LogP contribution is -2.02. The first-order valence-electron chi connectivity index (χ1n) is 6.44. The molecule has 1 aromatic rings. The first-order valence-corrected chi connectivity index (χ1v) is 7.60. The third-order valence-corrected chi connectivity index (χ3v) is 3.48. The van der Waals surface area contributed by atoms with Crippen LogP contribution in [0.3, 0.4) is 0 Å². The minimum absolute atomic E-state index is 0.120. The minimum Gasteiger partial charge on any atom is -0.487 e.